The molecule has 1 atom stereocenters. The molecular formula is C20H20BrNO4. The lowest BCUT2D eigenvalue weighted by Crippen LogP contribution is -2.42. The standard InChI is InChI=1S/C20H20BrNO4/c1-3-10-22-16-9-8-13(21)11-15(16)20(25,19(22)24)12-17(23)14-6-4-5-7-18(14)26-2/h4-9,11,25H,3,10,12H2,1-2H3/t20-/m0/s1. The van der Waals surface area contributed by atoms with Crippen molar-refractivity contribution < 1.29 is 19.4 Å². The van der Waals surface area contributed by atoms with Crippen LogP contribution >= 0.6 is 15.9 Å². The third kappa shape index (κ3) is 3.04. The molecule has 0 saturated carbocycles. The maximum atomic E-state index is 13.0. The van der Waals surface area contributed by atoms with E-state index in [0.717, 1.165) is 10.9 Å². The molecule has 0 unspecified atom stereocenters. The minimum absolute atomic E-state index is 0.337. The largest absolute Gasteiger partial charge is 0.496 e. The number of fused-ring (bicyclic) bond motifs is 1. The first kappa shape index (κ1) is 18.6. The summed E-state index contributed by atoms with van der Waals surface area (Å²) in [5.74, 6) is -0.385. The van der Waals surface area contributed by atoms with E-state index in [0.29, 0.717) is 29.1 Å². The fourth-order valence-corrected chi connectivity index (χ4v) is 3.70. The second-order valence-corrected chi connectivity index (χ2v) is 7.19. The number of para-hydroxylation sites is 1. The number of carbonyl (C=O) groups excluding carboxylic acids is 2. The third-order valence-electron chi connectivity index (χ3n) is 4.56. The quantitative estimate of drug-likeness (QED) is 0.727. The first-order chi connectivity index (χ1) is 12.4. The number of hydrogen-bond donors (Lipinski definition) is 1. The molecule has 1 amide bonds. The van der Waals surface area contributed by atoms with Gasteiger partial charge < -0.3 is 14.7 Å². The minimum Gasteiger partial charge on any atom is -0.496 e. The molecule has 0 fully saturated rings. The zero-order valence-electron chi connectivity index (χ0n) is 14.7. The summed E-state index contributed by atoms with van der Waals surface area (Å²) in [5.41, 5.74) is -0.433. The van der Waals surface area contributed by atoms with Gasteiger partial charge in [-0.05, 0) is 36.8 Å². The number of benzene rings is 2. The van der Waals surface area contributed by atoms with Gasteiger partial charge in [0.2, 0.25) is 0 Å². The lowest BCUT2D eigenvalue weighted by molar-refractivity contribution is -0.135. The SMILES string of the molecule is CCCN1C(=O)[C@](O)(CC(=O)c2ccccc2OC)c2cc(Br)ccc21. The van der Waals surface area contributed by atoms with Gasteiger partial charge in [0, 0.05) is 16.6 Å². The van der Waals surface area contributed by atoms with Gasteiger partial charge >= 0.3 is 0 Å². The van der Waals surface area contributed by atoms with Gasteiger partial charge in [0.1, 0.15) is 5.75 Å². The molecule has 6 heteroatoms. The van der Waals surface area contributed by atoms with Crippen LogP contribution in [0.2, 0.25) is 0 Å². The van der Waals surface area contributed by atoms with E-state index in [1.165, 1.54) is 7.11 Å². The Morgan fingerprint density at radius 1 is 1.27 bits per heavy atom. The molecule has 2 aromatic rings. The van der Waals surface area contributed by atoms with E-state index in [4.69, 9.17) is 4.74 Å². The molecule has 26 heavy (non-hydrogen) atoms. The van der Waals surface area contributed by atoms with Crippen LogP contribution in [0.3, 0.4) is 0 Å². The lowest BCUT2D eigenvalue weighted by atomic mass is 9.88. The number of halogens is 1. The molecule has 0 saturated heterocycles. The summed E-state index contributed by atoms with van der Waals surface area (Å²) >= 11 is 3.38. The number of Topliss-reactive ketones (excluding diaryl/α,β-unsaturated/α-hetero) is 1. The molecule has 5 nitrogen and oxygen atoms in total. The Morgan fingerprint density at radius 2 is 2.00 bits per heavy atom. The lowest BCUT2D eigenvalue weighted by Gasteiger charge is -2.23. The van der Waals surface area contributed by atoms with Crippen LogP contribution in [0.4, 0.5) is 5.69 Å². The van der Waals surface area contributed by atoms with Crippen LogP contribution in [0.25, 0.3) is 0 Å². The fraction of sp³-hybridized carbons (Fsp3) is 0.300. The van der Waals surface area contributed by atoms with E-state index in [9.17, 15) is 14.7 Å². The first-order valence-electron chi connectivity index (χ1n) is 8.43. The molecular weight excluding hydrogens is 398 g/mol. The highest BCUT2D eigenvalue weighted by Crippen LogP contribution is 2.44. The third-order valence-corrected chi connectivity index (χ3v) is 5.06. The van der Waals surface area contributed by atoms with Crippen molar-refractivity contribution in [1.82, 2.24) is 0 Å². The Kier molecular flexibility index (Phi) is 5.16. The van der Waals surface area contributed by atoms with Crippen molar-refractivity contribution in [2.24, 2.45) is 0 Å². The predicted octanol–water partition coefficient (Wildman–Crippen LogP) is 3.67. The highest BCUT2D eigenvalue weighted by atomic mass is 79.9. The zero-order valence-corrected chi connectivity index (χ0v) is 16.2. The number of ether oxygens (including phenoxy) is 1. The minimum atomic E-state index is -1.88. The van der Waals surface area contributed by atoms with E-state index >= 15 is 0 Å². The summed E-state index contributed by atoms with van der Waals surface area (Å²) in [4.78, 5) is 27.4. The summed E-state index contributed by atoms with van der Waals surface area (Å²) in [6, 6.07) is 12.1. The fourth-order valence-electron chi connectivity index (χ4n) is 3.34. The molecule has 3 rings (SSSR count). The Hall–Kier alpha value is -2.18. The summed E-state index contributed by atoms with van der Waals surface area (Å²) < 4.78 is 5.97. The highest BCUT2D eigenvalue weighted by Gasteiger charge is 2.50. The molecule has 136 valence electrons. The molecule has 0 spiro atoms. The molecule has 2 aromatic carbocycles. The maximum absolute atomic E-state index is 13.0. The second-order valence-electron chi connectivity index (χ2n) is 6.28. The van der Waals surface area contributed by atoms with Crippen molar-refractivity contribution in [2.45, 2.75) is 25.4 Å². The smallest absolute Gasteiger partial charge is 0.264 e. The van der Waals surface area contributed by atoms with Crippen LogP contribution < -0.4 is 9.64 Å². The normalized spacial score (nSPS) is 18.8. The van der Waals surface area contributed by atoms with Crippen molar-refractivity contribution >= 4 is 33.3 Å². The van der Waals surface area contributed by atoms with Gasteiger partial charge in [-0.1, -0.05) is 35.0 Å². The van der Waals surface area contributed by atoms with E-state index < -0.39 is 11.5 Å². The number of anilines is 1. The van der Waals surface area contributed by atoms with Gasteiger partial charge in [0.05, 0.1) is 24.8 Å². The predicted molar refractivity (Wildman–Crippen MR) is 103 cm³/mol. The number of rotatable bonds is 6. The average molecular weight is 418 g/mol. The van der Waals surface area contributed by atoms with Gasteiger partial charge in [-0.15, -0.1) is 0 Å². The molecule has 1 aliphatic rings. The van der Waals surface area contributed by atoms with E-state index in [-0.39, 0.29) is 12.2 Å². The molecule has 0 aromatic heterocycles. The first-order valence-corrected chi connectivity index (χ1v) is 9.22. The monoisotopic (exact) mass is 417 g/mol. The van der Waals surface area contributed by atoms with Gasteiger partial charge in [-0.3, -0.25) is 9.59 Å². The molecule has 0 aliphatic carbocycles. The van der Waals surface area contributed by atoms with Crippen molar-refractivity contribution in [3.8, 4) is 5.75 Å². The number of amides is 1. The van der Waals surface area contributed by atoms with Crippen LogP contribution in [-0.4, -0.2) is 30.5 Å². The maximum Gasteiger partial charge on any atom is 0.264 e. The summed E-state index contributed by atoms with van der Waals surface area (Å²) in [7, 11) is 1.48. The van der Waals surface area contributed by atoms with Gasteiger partial charge in [0.15, 0.2) is 11.4 Å². The van der Waals surface area contributed by atoms with Gasteiger partial charge in [0.25, 0.3) is 5.91 Å². The number of ketones is 1. The van der Waals surface area contributed by atoms with Gasteiger partial charge in [-0.2, -0.15) is 0 Å². The Labute approximate surface area is 160 Å². The molecule has 0 bridgehead atoms. The number of nitrogens with zero attached hydrogens (tertiary/aromatic N) is 1. The van der Waals surface area contributed by atoms with Crippen LogP contribution in [-0.2, 0) is 10.4 Å². The number of aliphatic hydroxyl groups is 1. The molecule has 0 radical (unpaired) electrons. The highest BCUT2D eigenvalue weighted by molar-refractivity contribution is 9.10. The van der Waals surface area contributed by atoms with Crippen LogP contribution in [0.5, 0.6) is 5.75 Å². The second kappa shape index (κ2) is 7.21. The molecule has 1 heterocycles. The topological polar surface area (TPSA) is 66.8 Å². The van der Waals surface area contributed by atoms with E-state index in [1.54, 1.807) is 41.3 Å². The van der Waals surface area contributed by atoms with Crippen molar-refractivity contribution in [1.29, 1.82) is 0 Å². The number of methoxy groups -OCH3 is 1. The Morgan fingerprint density at radius 3 is 2.69 bits per heavy atom. The van der Waals surface area contributed by atoms with Gasteiger partial charge in [-0.25, -0.2) is 0 Å². The van der Waals surface area contributed by atoms with Crippen molar-refractivity contribution in [3.05, 3.63) is 58.1 Å². The Balaban J connectivity index is 2.02. The summed E-state index contributed by atoms with van der Waals surface area (Å²) in [6.45, 7) is 2.45. The summed E-state index contributed by atoms with van der Waals surface area (Å²) in [5, 5.41) is 11.3. The number of hydrogen-bond acceptors (Lipinski definition) is 4. The zero-order chi connectivity index (χ0) is 18.9. The number of carbonyl (C=O) groups is 2. The van der Waals surface area contributed by atoms with Crippen LogP contribution in [0, 0.1) is 0 Å². The summed E-state index contributed by atoms with van der Waals surface area (Å²) in [6.07, 6.45) is 0.410. The molecule has 1 aliphatic heterocycles. The van der Waals surface area contributed by atoms with Crippen LogP contribution in [0.1, 0.15) is 35.7 Å². The van der Waals surface area contributed by atoms with Crippen molar-refractivity contribution in [2.75, 3.05) is 18.6 Å². The Bertz CT molecular complexity index is 867. The van der Waals surface area contributed by atoms with Crippen molar-refractivity contribution in [3.63, 3.8) is 0 Å². The van der Waals surface area contributed by atoms with E-state index in [1.807, 2.05) is 13.0 Å². The van der Waals surface area contributed by atoms with E-state index in [2.05, 4.69) is 15.9 Å². The average Bonchev–Trinajstić information content (AvgIpc) is 2.83. The molecule has 1 N–H and O–H groups in total. The van der Waals surface area contributed by atoms with Crippen LogP contribution in [0.15, 0.2) is 46.9 Å².